The molecule has 5 nitrogen and oxygen atoms in total. The maximum atomic E-state index is 12.1. The van der Waals surface area contributed by atoms with Crippen LogP contribution < -0.4 is 10.6 Å². The van der Waals surface area contributed by atoms with Crippen LogP contribution in [-0.2, 0) is 16.1 Å². The number of hydrogen-bond donors (Lipinski definition) is 2. The summed E-state index contributed by atoms with van der Waals surface area (Å²) in [5.74, 6) is 0.664. The fourth-order valence-electron chi connectivity index (χ4n) is 2.35. The van der Waals surface area contributed by atoms with Crippen molar-refractivity contribution in [2.75, 3.05) is 31.7 Å². The zero-order valence-electron chi connectivity index (χ0n) is 15.5. The highest BCUT2D eigenvalue weighted by Gasteiger charge is 2.06. The van der Waals surface area contributed by atoms with Crippen molar-refractivity contribution in [3.8, 4) is 0 Å². The summed E-state index contributed by atoms with van der Waals surface area (Å²) in [5.41, 5.74) is 1.68. The average Bonchev–Trinajstić information content (AvgIpc) is 2.61. The minimum atomic E-state index is -0.0646. The van der Waals surface area contributed by atoms with E-state index >= 15 is 0 Å². The number of carbonyl (C=O) groups is 2. The standard InChI is InChI=1S/C20H24BrN3O2S/c1-24(2)14-20(26)23-16-7-5-6-15(12-16)13-22-19(25)10-11-27-18-9-4-3-8-17(18)21/h3-9,12H,10-11,13-14H2,1-2H3,(H,22,25)(H,23,26). The molecule has 27 heavy (non-hydrogen) atoms. The fourth-order valence-corrected chi connectivity index (χ4v) is 3.87. The van der Waals surface area contributed by atoms with Gasteiger partial charge in [-0.1, -0.05) is 24.3 Å². The van der Waals surface area contributed by atoms with Crippen LogP contribution in [0.2, 0.25) is 0 Å². The zero-order chi connectivity index (χ0) is 19.6. The molecule has 0 spiro atoms. The van der Waals surface area contributed by atoms with E-state index in [9.17, 15) is 9.59 Å². The number of amides is 2. The normalized spacial score (nSPS) is 10.7. The lowest BCUT2D eigenvalue weighted by Gasteiger charge is -2.11. The third-order valence-electron chi connectivity index (χ3n) is 3.58. The lowest BCUT2D eigenvalue weighted by molar-refractivity contribution is -0.121. The molecule has 0 radical (unpaired) electrons. The number of rotatable bonds is 9. The fraction of sp³-hybridized carbons (Fsp3) is 0.300. The lowest BCUT2D eigenvalue weighted by Crippen LogP contribution is -2.27. The van der Waals surface area contributed by atoms with Gasteiger partial charge >= 0.3 is 0 Å². The van der Waals surface area contributed by atoms with Gasteiger partial charge in [0.1, 0.15) is 0 Å². The maximum absolute atomic E-state index is 12.1. The number of nitrogens with one attached hydrogen (secondary N) is 2. The van der Waals surface area contributed by atoms with Crippen LogP contribution in [0.1, 0.15) is 12.0 Å². The number of thioether (sulfide) groups is 1. The molecule has 0 unspecified atom stereocenters. The predicted octanol–water partition coefficient (Wildman–Crippen LogP) is 3.75. The van der Waals surface area contributed by atoms with E-state index in [0.717, 1.165) is 26.4 Å². The average molecular weight is 450 g/mol. The van der Waals surface area contributed by atoms with Crippen molar-refractivity contribution >= 4 is 45.2 Å². The summed E-state index contributed by atoms with van der Waals surface area (Å²) in [6, 6.07) is 15.5. The highest BCUT2D eigenvalue weighted by molar-refractivity contribution is 9.10. The van der Waals surface area contributed by atoms with Crippen molar-refractivity contribution in [2.45, 2.75) is 17.9 Å². The van der Waals surface area contributed by atoms with Crippen LogP contribution in [0.4, 0.5) is 5.69 Å². The zero-order valence-corrected chi connectivity index (χ0v) is 17.9. The summed E-state index contributed by atoms with van der Waals surface area (Å²) in [7, 11) is 3.70. The van der Waals surface area contributed by atoms with Gasteiger partial charge in [-0.3, -0.25) is 9.59 Å². The molecule has 144 valence electrons. The van der Waals surface area contributed by atoms with E-state index in [0.29, 0.717) is 19.5 Å². The van der Waals surface area contributed by atoms with Crippen LogP contribution in [0.5, 0.6) is 0 Å². The largest absolute Gasteiger partial charge is 0.352 e. The second kappa shape index (κ2) is 11.1. The molecule has 2 aromatic rings. The van der Waals surface area contributed by atoms with Gasteiger partial charge in [0.15, 0.2) is 0 Å². The summed E-state index contributed by atoms with van der Waals surface area (Å²) >= 11 is 5.16. The molecule has 0 fully saturated rings. The van der Waals surface area contributed by atoms with Crippen molar-refractivity contribution in [1.82, 2.24) is 10.2 Å². The maximum Gasteiger partial charge on any atom is 0.238 e. The molecule has 0 saturated heterocycles. The molecule has 0 atom stereocenters. The van der Waals surface area contributed by atoms with Gasteiger partial charge in [-0.05, 0) is 59.9 Å². The number of likely N-dealkylation sites (N-methyl/N-ethyl adjacent to an activating group) is 1. The van der Waals surface area contributed by atoms with E-state index in [1.165, 1.54) is 0 Å². The third-order valence-corrected chi connectivity index (χ3v) is 5.61. The van der Waals surface area contributed by atoms with Crippen LogP contribution in [-0.4, -0.2) is 43.1 Å². The Morgan fingerprint density at radius 2 is 1.85 bits per heavy atom. The molecule has 2 amide bonds. The third kappa shape index (κ3) is 8.15. The molecule has 0 aliphatic carbocycles. The molecule has 0 saturated carbocycles. The van der Waals surface area contributed by atoms with Crippen molar-refractivity contribution < 1.29 is 9.59 Å². The molecule has 2 aromatic carbocycles. The minimum absolute atomic E-state index is 0.0107. The van der Waals surface area contributed by atoms with Crippen molar-refractivity contribution in [3.63, 3.8) is 0 Å². The van der Waals surface area contributed by atoms with Crippen LogP contribution in [0.25, 0.3) is 0 Å². The summed E-state index contributed by atoms with van der Waals surface area (Å²) in [5, 5.41) is 5.79. The molecule has 2 N–H and O–H groups in total. The Morgan fingerprint density at radius 1 is 1.07 bits per heavy atom. The molecule has 7 heteroatoms. The number of anilines is 1. The predicted molar refractivity (Wildman–Crippen MR) is 115 cm³/mol. The van der Waals surface area contributed by atoms with Crippen LogP contribution in [0.3, 0.4) is 0 Å². The number of carbonyl (C=O) groups excluding carboxylic acids is 2. The van der Waals surface area contributed by atoms with Crippen molar-refractivity contribution in [2.24, 2.45) is 0 Å². The first kappa shape index (κ1) is 21.5. The first-order valence-corrected chi connectivity index (χ1v) is 10.4. The number of hydrogen-bond acceptors (Lipinski definition) is 4. The Kier molecular flexibility index (Phi) is 8.84. The van der Waals surface area contributed by atoms with E-state index in [4.69, 9.17) is 0 Å². The summed E-state index contributed by atoms with van der Waals surface area (Å²) in [6.07, 6.45) is 0.450. The van der Waals surface area contributed by atoms with E-state index < -0.39 is 0 Å². The van der Waals surface area contributed by atoms with Crippen LogP contribution in [0, 0.1) is 0 Å². The lowest BCUT2D eigenvalue weighted by atomic mass is 10.2. The van der Waals surface area contributed by atoms with Crippen LogP contribution in [0.15, 0.2) is 57.9 Å². The van der Waals surface area contributed by atoms with E-state index in [1.807, 2.05) is 67.5 Å². The second-order valence-corrected chi connectivity index (χ2v) is 8.28. The van der Waals surface area contributed by atoms with Gasteiger partial charge in [-0.25, -0.2) is 0 Å². The molecule has 0 bridgehead atoms. The molecule has 0 heterocycles. The first-order chi connectivity index (χ1) is 12.9. The number of benzene rings is 2. The first-order valence-electron chi connectivity index (χ1n) is 8.61. The second-order valence-electron chi connectivity index (χ2n) is 6.29. The molecule has 0 aromatic heterocycles. The Morgan fingerprint density at radius 3 is 2.59 bits per heavy atom. The van der Waals surface area contributed by atoms with Crippen molar-refractivity contribution in [3.05, 3.63) is 58.6 Å². The smallest absolute Gasteiger partial charge is 0.238 e. The summed E-state index contributed by atoms with van der Waals surface area (Å²) in [4.78, 5) is 26.8. The van der Waals surface area contributed by atoms with E-state index in [1.54, 1.807) is 11.8 Å². The Hall–Kier alpha value is -1.83. The quantitative estimate of drug-likeness (QED) is 0.572. The Labute approximate surface area is 173 Å². The highest BCUT2D eigenvalue weighted by atomic mass is 79.9. The molecular weight excluding hydrogens is 426 g/mol. The van der Waals surface area contributed by atoms with Crippen molar-refractivity contribution in [1.29, 1.82) is 0 Å². The highest BCUT2D eigenvalue weighted by Crippen LogP contribution is 2.27. The monoisotopic (exact) mass is 449 g/mol. The van der Waals surface area contributed by atoms with Gasteiger partial charge in [0, 0.05) is 33.8 Å². The number of halogens is 1. The summed E-state index contributed by atoms with van der Waals surface area (Å²) < 4.78 is 1.04. The molecule has 2 rings (SSSR count). The van der Waals surface area contributed by atoms with Gasteiger partial charge in [-0.15, -0.1) is 11.8 Å². The van der Waals surface area contributed by atoms with Crippen LogP contribution >= 0.6 is 27.7 Å². The van der Waals surface area contributed by atoms with Gasteiger partial charge in [0.05, 0.1) is 6.54 Å². The molecular formula is C20H24BrN3O2S. The minimum Gasteiger partial charge on any atom is -0.352 e. The van der Waals surface area contributed by atoms with Gasteiger partial charge in [-0.2, -0.15) is 0 Å². The molecule has 0 aliphatic rings. The number of nitrogens with zero attached hydrogens (tertiary/aromatic N) is 1. The van der Waals surface area contributed by atoms with Gasteiger partial charge in [0.2, 0.25) is 11.8 Å². The Bertz CT molecular complexity index is 783. The van der Waals surface area contributed by atoms with Gasteiger partial charge < -0.3 is 15.5 Å². The topological polar surface area (TPSA) is 61.4 Å². The van der Waals surface area contributed by atoms with Gasteiger partial charge in [0.25, 0.3) is 0 Å². The SMILES string of the molecule is CN(C)CC(=O)Nc1cccc(CNC(=O)CCSc2ccccc2Br)c1. The van der Waals surface area contributed by atoms with E-state index in [2.05, 4.69) is 26.6 Å². The molecule has 0 aliphatic heterocycles. The van der Waals surface area contributed by atoms with E-state index in [-0.39, 0.29) is 11.8 Å². The Balaban J connectivity index is 1.75. The summed E-state index contributed by atoms with van der Waals surface area (Å²) in [6.45, 7) is 0.770.